The molecule has 0 fully saturated rings. The number of hydrogen-bond acceptors (Lipinski definition) is 2. The lowest BCUT2D eigenvalue weighted by Crippen LogP contribution is -2.11. The molecule has 1 N–H and O–H groups in total. The molecule has 0 spiro atoms. The highest BCUT2D eigenvalue weighted by Crippen LogP contribution is 2.30. The van der Waals surface area contributed by atoms with E-state index < -0.39 is 29.0 Å². The zero-order valence-electron chi connectivity index (χ0n) is 8.36. The molecule has 0 unspecified atom stereocenters. The Morgan fingerprint density at radius 2 is 2.00 bits per heavy atom. The van der Waals surface area contributed by atoms with Gasteiger partial charge in [-0.05, 0) is 25.1 Å². The second-order valence-corrected chi connectivity index (χ2v) is 2.95. The second kappa shape index (κ2) is 4.51. The van der Waals surface area contributed by atoms with E-state index in [1.807, 2.05) is 0 Å². The fourth-order valence-corrected chi connectivity index (χ4v) is 1.10. The Morgan fingerprint density at radius 3 is 2.50 bits per heavy atom. The first-order chi connectivity index (χ1) is 7.36. The van der Waals surface area contributed by atoms with Gasteiger partial charge in [-0.1, -0.05) is 0 Å². The van der Waals surface area contributed by atoms with Crippen molar-refractivity contribution in [1.82, 2.24) is 0 Å². The van der Waals surface area contributed by atoms with Gasteiger partial charge in [-0.15, -0.1) is 0 Å². The molecular formula is C10H9F4NO. The molecule has 0 amide bonds. The Balaban J connectivity index is 3.14. The van der Waals surface area contributed by atoms with Crippen LogP contribution in [0.2, 0.25) is 0 Å². The van der Waals surface area contributed by atoms with Crippen LogP contribution in [0.15, 0.2) is 18.2 Å². The van der Waals surface area contributed by atoms with Gasteiger partial charge in [-0.3, -0.25) is 5.41 Å². The summed E-state index contributed by atoms with van der Waals surface area (Å²) >= 11 is 0. The third-order valence-electron chi connectivity index (χ3n) is 1.83. The molecule has 1 aromatic rings. The number of nitrogens with one attached hydrogen (secondary N) is 1. The van der Waals surface area contributed by atoms with Crippen LogP contribution in [-0.4, -0.2) is 12.5 Å². The molecular weight excluding hydrogens is 226 g/mol. The van der Waals surface area contributed by atoms with Gasteiger partial charge in [0.05, 0.1) is 17.7 Å². The molecule has 88 valence electrons. The Morgan fingerprint density at radius 1 is 1.38 bits per heavy atom. The van der Waals surface area contributed by atoms with Crippen LogP contribution in [-0.2, 0) is 10.9 Å². The highest BCUT2D eigenvalue weighted by Gasteiger charge is 2.31. The lowest BCUT2D eigenvalue weighted by molar-refractivity contribution is -0.137. The maximum atomic E-state index is 13.1. The fourth-order valence-electron chi connectivity index (χ4n) is 1.10. The first kappa shape index (κ1) is 12.5. The van der Waals surface area contributed by atoms with E-state index in [9.17, 15) is 17.6 Å². The van der Waals surface area contributed by atoms with Gasteiger partial charge in [0.1, 0.15) is 5.82 Å². The van der Waals surface area contributed by atoms with E-state index in [1.54, 1.807) is 6.92 Å². The first-order valence-corrected chi connectivity index (χ1v) is 4.44. The van der Waals surface area contributed by atoms with Gasteiger partial charge in [0, 0.05) is 0 Å². The molecule has 0 aromatic heterocycles. The quantitative estimate of drug-likeness (QED) is 0.476. The zero-order valence-corrected chi connectivity index (χ0v) is 8.36. The number of ether oxygens (including phenoxy) is 1. The van der Waals surface area contributed by atoms with Crippen molar-refractivity contribution in [1.29, 1.82) is 5.41 Å². The highest BCUT2D eigenvalue weighted by molar-refractivity contribution is 5.92. The smallest absolute Gasteiger partial charge is 0.416 e. The summed E-state index contributed by atoms with van der Waals surface area (Å²) < 4.78 is 54.7. The van der Waals surface area contributed by atoms with E-state index >= 15 is 0 Å². The normalized spacial score (nSPS) is 11.3. The van der Waals surface area contributed by atoms with Crippen molar-refractivity contribution in [3.63, 3.8) is 0 Å². The van der Waals surface area contributed by atoms with Gasteiger partial charge in [-0.25, -0.2) is 4.39 Å². The topological polar surface area (TPSA) is 33.1 Å². The summed E-state index contributed by atoms with van der Waals surface area (Å²) in [7, 11) is 0. The zero-order chi connectivity index (χ0) is 12.3. The molecule has 0 heterocycles. The van der Waals surface area contributed by atoms with E-state index in [2.05, 4.69) is 4.74 Å². The molecule has 16 heavy (non-hydrogen) atoms. The lowest BCUT2D eigenvalue weighted by atomic mass is 10.1. The number of halogens is 4. The average Bonchev–Trinajstić information content (AvgIpc) is 2.16. The van der Waals surface area contributed by atoms with Gasteiger partial charge in [0.15, 0.2) is 0 Å². The first-order valence-electron chi connectivity index (χ1n) is 4.44. The maximum absolute atomic E-state index is 13.1. The molecule has 0 aliphatic rings. The standard InChI is InChI=1S/C10H9F4NO/c1-2-16-9(15)7-5-6(10(12,13)14)3-4-8(7)11/h3-5,15H,2H2,1H3. The van der Waals surface area contributed by atoms with Crippen molar-refractivity contribution in [2.75, 3.05) is 6.61 Å². The summed E-state index contributed by atoms with van der Waals surface area (Å²) in [6, 6.07) is 1.86. The molecule has 0 radical (unpaired) electrons. The molecule has 1 aromatic carbocycles. The summed E-state index contributed by atoms with van der Waals surface area (Å²) in [5.74, 6) is -1.52. The minimum Gasteiger partial charge on any atom is -0.478 e. The number of hydrogen-bond donors (Lipinski definition) is 1. The lowest BCUT2D eigenvalue weighted by Gasteiger charge is -2.10. The molecule has 0 atom stereocenters. The molecule has 2 nitrogen and oxygen atoms in total. The fraction of sp³-hybridized carbons (Fsp3) is 0.300. The van der Waals surface area contributed by atoms with Crippen molar-refractivity contribution < 1.29 is 22.3 Å². The Bertz CT molecular complexity index is 400. The molecule has 0 bridgehead atoms. The van der Waals surface area contributed by atoms with Crippen molar-refractivity contribution in [3.8, 4) is 0 Å². The molecule has 0 aliphatic heterocycles. The van der Waals surface area contributed by atoms with E-state index in [0.717, 1.165) is 0 Å². The van der Waals surface area contributed by atoms with Crippen molar-refractivity contribution >= 4 is 5.90 Å². The average molecular weight is 235 g/mol. The van der Waals surface area contributed by atoms with Gasteiger partial charge < -0.3 is 4.74 Å². The minimum atomic E-state index is -4.56. The van der Waals surface area contributed by atoms with Crippen LogP contribution in [0.5, 0.6) is 0 Å². The SMILES string of the molecule is CCOC(=N)c1cc(C(F)(F)F)ccc1F. The molecule has 0 aliphatic carbocycles. The van der Waals surface area contributed by atoms with Crippen LogP contribution >= 0.6 is 0 Å². The molecule has 1 rings (SSSR count). The van der Waals surface area contributed by atoms with Gasteiger partial charge in [-0.2, -0.15) is 13.2 Å². The van der Waals surface area contributed by atoms with Crippen molar-refractivity contribution in [3.05, 3.63) is 35.1 Å². The maximum Gasteiger partial charge on any atom is 0.416 e. The van der Waals surface area contributed by atoms with Crippen molar-refractivity contribution in [2.24, 2.45) is 0 Å². The highest BCUT2D eigenvalue weighted by atomic mass is 19.4. The van der Waals surface area contributed by atoms with E-state index in [0.29, 0.717) is 18.2 Å². The summed E-state index contributed by atoms with van der Waals surface area (Å²) in [6.45, 7) is 1.65. The van der Waals surface area contributed by atoms with E-state index in [-0.39, 0.29) is 6.61 Å². The summed E-state index contributed by atoms with van der Waals surface area (Å²) in [6.07, 6.45) is -4.56. The monoisotopic (exact) mass is 235 g/mol. The third kappa shape index (κ3) is 2.71. The van der Waals surface area contributed by atoms with Gasteiger partial charge in [0.2, 0.25) is 5.90 Å². The largest absolute Gasteiger partial charge is 0.478 e. The molecule has 6 heteroatoms. The predicted octanol–water partition coefficient (Wildman–Crippen LogP) is 3.21. The van der Waals surface area contributed by atoms with Crippen LogP contribution in [0.1, 0.15) is 18.1 Å². The van der Waals surface area contributed by atoms with Crippen molar-refractivity contribution in [2.45, 2.75) is 13.1 Å². The minimum absolute atomic E-state index is 0.0918. The van der Waals surface area contributed by atoms with Gasteiger partial charge in [0.25, 0.3) is 0 Å². The van der Waals surface area contributed by atoms with E-state index in [1.165, 1.54) is 0 Å². The summed E-state index contributed by atoms with van der Waals surface area (Å²) in [5.41, 5.74) is -1.50. The predicted molar refractivity (Wildman–Crippen MR) is 49.9 cm³/mol. The van der Waals surface area contributed by atoms with Crippen LogP contribution < -0.4 is 0 Å². The Kier molecular flexibility index (Phi) is 3.51. The van der Waals surface area contributed by atoms with Crippen LogP contribution in [0.4, 0.5) is 17.6 Å². The Hall–Kier alpha value is -1.59. The van der Waals surface area contributed by atoms with E-state index in [4.69, 9.17) is 5.41 Å². The second-order valence-electron chi connectivity index (χ2n) is 2.95. The van der Waals surface area contributed by atoms with Gasteiger partial charge >= 0.3 is 6.18 Å². The summed E-state index contributed by atoms with van der Waals surface area (Å²) in [4.78, 5) is 0. The number of rotatable bonds is 2. The van der Waals surface area contributed by atoms with Crippen LogP contribution in [0.25, 0.3) is 0 Å². The number of benzene rings is 1. The number of alkyl halides is 3. The Labute approximate surface area is 89.4 Å². The van der Waals surface area contributed by atoms with Crippen LogP contribution in [0, 0.1) is 11.2 Å². The summed E-state index contributed by atoms with van der Waals surface area (Å²) in [5, 5.41) is 7.24. The third-order valence-corrected chi connectivity index (χ3v) is 1.83. The molecule has 0 saturated carbocycles. The molecule has 0 saturated heterocycles. The van der Waals surface area contributed by atoms with Crippen LogP contribution in [0.3, 0.4) is 0 Å².